The quantitative estimate of drug-likeness (QED) is 0.633. The number of halogens is 2. The van der Waals surface area contributed by atoms with Gasteiger partial charge in [0, 0.05) is 18.7 Å². The van der Waals surface area contributed by atoms with Gasteiger partial charge in [-0.15, -0.1) is 0 Å². The number of piperidine rings is 1. The van der Waals surface area contributed by atoms with Crippen LogP contribution in [0.3, 0.4) is 0 Å². The van der Waals surface area contributed by atoms with Gasteiger partial charge in [0.15, 0.2) is 0 Å². The van der Waals surface area contributed by atoms with Crippen molar-refractivity contribution in [1.82, 2.24) is 15.2 Å². The molecule has 3 aromatic rings. The molecular formula is C21H22ClFN4O2. The van der Waals surface area contributed by atoms with Gasteiger partial charge < -0.3 is 5.32 Å². The maximum absolute atomic E-state index is 13.2. The number of carbonyl (C=O) groups excluding carboxylic acids is 1. The van der Waals surface area contributed by atoms with E-state index >= 15 is 0 Å². The third-order valence-corrected chi connectivity index (χ3v) is 5.74. The van der Waals surface area contributed by atoms with Crippen molar-refractivity contribution < 1.29 is 13.8 Å². The molecule has 0 aliphatic carbocycles. The van der Waals surface area contributed by atoms with E-state index in [1.807, 2.05) is 12.1 Å². The lowest BCUT2D eigenvalue weighted by atomic mass is 9.91. The van der Waals surface area contributed by atoms with Crippen molar-refractivity contribution in [2.24, 2.45) is 5.92 Å². The van der Waals surface area contributed by atoms with Crippen LogP contribution in [0.5, 0.6) is 0 Å². The highest BCUT2D eigenvalue weighted by atomic mass is 35.5. The number of nitrogens with one attached hydrogen (secondary N) is 1. The van der Waals surface area contributed by atoms with E-state index in [2.05, 4.69) is 26.6 Å². The van der Waals surface area contributed by atoms with Gasteiger partial charge >= 0.3 is 0 Å². The standard InChI is InChI=1S/C21H22ClFN4O2/c22-17-12-16(5-6-18(17)23)24-20(28)7-4-14-8-10-27(11-9-14)13-15-2-1-3-19-21(15)26-29-25-19/h1-3,5-6,12,14H,4,7-11,13H2,(H,24,28). The summed E-state index contributed by atoms with van der Waals surface area (Å²) in [7, 11) is 0. The second-order valence-electron chi connectivity index (χ2n) is 7.48. The number of hydrogen-bond donors (Lipinski definition) is 1. The Morgan fingerprint density at radius 2 is 2.07 bits per heavy atom. The number of nitrogens with zero attached hydrogens (tertiary/aromatic N) is 3. The van der Waals surface area contributed by atoms with Crippen LogP contribution in [0.25, 0.3) is 11.0 Å². The first-order chi connectivity index (χ1) is 14.1. The second-order valence-corrected chi connectivity index (χ2v) is 7.89. The molecule has 0 spiro atoms. The van der Waals surface area contributed by atoms with Crippen LogP contribution in [0, 0.1) is 11.7 Å². The number of benzene rings is 2. The maximum Gasteiger partial charge on any atom is 0.224 e. The summed E-state index contributed by atoms with van der Waals surface area (Å²) in [6.07, 6.45) is 3.41. The molecule has 2 aromatic carbocycles. The maximum atomic E-state index is 13.2. The Hall–Kier alpha value is -2.51. The van der Waals surface area contributed by atoms with Crippen molar-refractivity contribution in [3.05, 3.63) is 52.8 Å². The predicted molar refractivity (Wildman–Crippen MR) is 109 cm³/mol. The minimum atomic E-state index is -0.493. The van der Waals surface area contributed by atoms with Crippen LogP contribution in [0.2, 0.25) is 5.02 Å². The van der Waals surface area contributed by atoms with Gasteiger partial charge in [-0.1, -0.05) is 23.7 Å². The van der Waals surface area contributed by atoms with Crippen LogP contribution >= 0.6 is 11.6 Å². The third-order valence-electron chi connectivity index (χ3n) is 5.45. The van der Waals surface area contributed by atoms with E-state index in [0.717, 1.165) is 55.5 Å². The number of amides is 1. The fraction of sp³-hybridized carbons (Fsp3) is 0.381. The smallest absolute Gasteiger partial charge is 0.224 e. The molecule has 1 saturated heterocycles. The van der Waals surface area contributed by atoms with Crippen LogP contribution in [-0.2, 0) is 11.3 Å². The third kappa shape index (κ3) is 4.92. The monoisotopic (exact) mass is 416 g/mol. The summed E-state index contributed by atoms with van der Waals surface area (Å²) in [5, 5.41) is 10.7. The largest absolute Gasteiger partial charge is 0.326 e. The van der Waals surface area contributed by atoms with Gasteiger partial charge in [-0.25, -0.2) is 9.02 Å². The molecule has 0 radical (unpaired) electrons. The van der Waals surface area contributed by atoms with Gasteiger partial charge in [-0.2, -0.15) is 0 Å². The molecule has 8 heteroatoms. The van der Waals surface area contributed by atoms with E-state index in [1.54, 1.807) is 0 Å². The van der Waals surface area contributed by atoms with E-state index in [-0.39, 0.29) is 10.9 Å². The second kappa shape index (κ2) is 8.88. The van der Waals surface area contributed by atoms with Gasteiger partial charge in [-0.3, -0.25) is 9.69 Å². The highest BCUT2D eigenvalue weighted by molar-refractivity contribution is 6.31. The SMILES string of the molecule is O=C(CCC1CCN(Cc2cccc3nonc23)CC1)Nc1ccc(F)c(Cl)c1. The number of carbonyl (C=O) groups is 1. The lowest BCUT2D eigenvalue weighted by Crippen LogP contribution is -2.33. The van der Waals surface area contributed by atoms with E-state index in [0.29, 0.717) is 18.0 Å². The number of likely N-dealkylation sites (tertiary alicyclic amines) is 1. The molecule has 29 heavy (non-hydrogen) atoms. The zero-order chi connectivity index (χ0) is 20.2. The molecular weight excluding hydrogens is 395 g/mol. The minimum absolute atomic E-state index is 0.00673. The van der Waals surface area contributed by atoms with Crippen molar-refractivity contribution in [2.45, 2.75) is 32.2 Å². The van der Waals surface area contributed by atoms with E-state index in [9.17, 15) is 9.18 Å². The molecule has 1 amide bonds. The zero-order valence-corrected chi connectivity index (χ0v) is 16.7. The Morgan fingerprint density at radius 3 is 2.86 bits per heavy atom. The van der Waals surface area contributed by atoms with Gasteiger partial charge in [0.1, 0.15) is 16.9 Å². The Kier molecular flexibility index (Phi) is 6.06. The van der Waals surface area contributed by atoms with Gasteiger partial charge in [-0.05, 0) is 78.4 Å². The average molecular weight is 417 g/mol. The molecule has 0 saturated carbocycles. The summed E-state index contributed by atoms with van der Waals surface area (Å²) in [6.45, 7) is 2.80. The molecule has 0 atom stereocenters. The van der Waals surface area contributed by atoms with Crippen LogP contribution in [-0.4, -0.2) is 34.2 Å². The fourth-order valence-corrected chi connectivity index (χ4v) is 3.98. The van der Waals surface area contributed by atoms with Crippen LogP contribution in [0.15, 0.2) is 41.0 Å². The summed E-state index contributed by atoms with van der Waals surface area (Å²) in [4.78, 5) is 14.6. The Balaban J connectivity index is 1.22. The van der Waals surface area contributed by atoms with Gasteiger partial charge in [0.2, 0.25) is 5.91 Å². The van der Waals surface area contributed by atoms with Crippen molar-refractivity contribution in [1.29, 1.82) is 0 Å². The summed E-state index contributed by atoms with van der Waals surface area (Å²) >= 11 is 5.75. The molecule has 1 aliphatic rings. The molecule has 4 rings (SSSR count). The van der Waals surface area contributed by atoms with E-state index in [4.69, 9.17) is 16.2 Å². The number of aromatic nitrogens is 2. The fourth-order valence-electron chi connectivity index (χ4n) is 3.80. The first-order valence-corrected chi connectivity index (χ1v) is 10.1. The van der Waals surface area contributed by atoms with Gasteiger partial charge in [0.05, 0.1) is 5.02 Å². The highest BCUT2D eigenvalue weighted by Gasteiger charge is 2.21. The Labute approximate surface area is 173 Å². The summed E-state index contributed by atoms with van der Waals surface area (Å²) in [5.74, 6) is -0.0360. The number of anilines is 1. The predicted octanol–water partition coefficient (Wildman–Crippen LogP) is 4.65. The van der Waals surface area contributed by atoms with Gasteiger partial charge in [0.25, 0.3) is 0 Å². The van der Waals surface area contributed by atoms with Crippen molar-refractivity contribution in [3.63, 3.8) is 0 Å². The van der Waals surface area contributed by atoms with Crippen molar-refractivity contribution in [2.75, 3.05) is 18.4 Å². The molecule has 1 aliphatic heterocycles. The first kappa shape index (κ1) is 19.8. The molecule has 6 nitrogen and oxygen atoms in total. The molecule has 1 aromatic heterocycles. The molecule has 1 fully saturated rings. The molecule has 1 N–H and O–H groups in total. The number of fused-ring (bicyclic) bond motifs is 1. The minimum Gasteiger partial charge on any atom is -0.326 e. The molecule has 0 bridgehead atoms. The summed E-state index contributed by atoms with van der Waals surface area (Å²) in [6, 6.07) is 10.1. The first-order valence-electron chi connectivity index (χ1n) is 9.76. The topological polar surface area (TPSA) is 71.3 Å². The van der Waals surface area contributed by atoms with Crippen LogP contribution < -0.4 is 5.32 Å². The molecule has 0 unspecified atom stereocenters. The Morgan fingerprint density at radius 1 is 1.24 bits per heavy atom. The summed E-state index contributed by atoms with van der Waals surface area (Å²) < 4.78 is 18.0. The normalized spacial score (nSPS) is 15.7. The average Bonchev–Trinajstić information content (AvgIpc) is 3.20. The highest BCUT2D eigenvalue weighted by Crippen LogP contribution is 2.25. The molecule has 152 valence electrons. The lowest BCUT2D eigenvalue weighted by molar-refractivity contribution is -0.116. The van der Waals surface area contributed by atoms with E-state index < -0.39 is 5.82 Å². The lowest BCUT2D eigenvalue weighted by Gasteiger charge is -2.31. The summed E-state index contributed by atoms with van der Waals surface area (Å²) in [5.41, 5.74) is 3.25. The zero-order valence-electron chi connectivity index (χ0n) is 15.9. The number of rotatable bonds is 6. The van der Waals surface area contributed by atoms with Crippen LogP contribution in [0.1, 0.15) is 31.2 Å². The Bertz CT molecular complexity index is 1000. The van der Waals surface area contributed by atoms with Crippen molar-refractivity contribution >= 4 is 34.2 Å². The van der Waals surface area contributed by atoms with Crippen molar-refractivity contribution in [3.8, 4) is 0 Å². The van der Waals surface area contributed by atoms with Crippen LogP contribution in [0.4, 0.5) is 10.1 Å². The van der Waals surface area contributed by atoms with E-state index in [1.165, 1.54) is 18.2 Å². The molecule has 2 heterocycles. The number of hydrogen-bond acceptors (Lipinski definition) is 5.